The highest BCUT2D eigenvalue weighted by Gasteiger charge is 2.20. The average Bonchev–Trinajstić information content (AvgIpc) is 3.16. The lowest BCUT2D eigenvalue weighted by Gasteiger charge is -2.12. The molecule has 0 spiro atoms. The van der Waals surface area contributed by atoms with Gasteiger partial charge >= 0.3 is 0 Å². The van der Waals surface area contributed by atoms with Crippen LogP contribution < -0.4 is 0 Å². The van der Waals surface area contributed by atoms with Crippen LogP contribution in [-0.2, 0) is 6.42 Å². The number of aryl methyl sites for hydroxylation is 1. The van der Waals surface area contributed by atoms with E-state index in [9.17, 15) is 4.79 Å². The second-order valence-electron chi connectivity index (χ2n) is 5.40. The first kappa shape index (κ1) is 13.0. The maximum atomic E-state index is 12.1. The lowest BCUT2D eigenvalue weighted by Crippen LogP contribution is -2.12. The molecule has 20 heavy (non-hydrogen) atoms. The fraction of sp³-hybridized carbons (Fsp3) is 0.438. The summed E-state index contributed by atoms with van der Waals surface area (Å²) < 4.78 is 2.03. The normalized spacial score (nSPS) is 15.6. The molecule has 1 saturated carbocycles. The number of aromatic nitrogens is 3. The average molecular weight is 269 g/mol. The first-order valence-corrected chi connectivity index (χ1v) is 7.32. The van der Waals surface area contributed by atoms with Crippen molar-refractivity contribution in [2.75, 3.05) is 0 Å². The van der Waals surface area contributed by atoms with E-state index >= 15 is 0 Å². The quantitative estimate of drug-likeness (QED) is 0.783. The topological polar surface area (TPSA) is 47.8 Å². The number of benzene rings is 1. The number of nitrogens with zero attached hydrogens (tertiary/aromatic N) is 3. The monoisotopic (exact) mass is 269 g/mol. The van der Waals surface area contributed by atoms with Crippen LogP contribution in [0.5, 0.6) is 0 Å². The summed E-state index contributed by atoms with van der Waals surface area (Å²) >= 11 is 0. The number of Topliss-reactive ketones (excluding diaryl/α,β-unsaturated/α-hetero) is 1. The highest BCUT2D eigenvalue weighted by molar-refractivity contribution is 5.96. The van der Waals surface area contributed by atoms with E-state index < -0.39 is 0 Å². The van der Waals surface area contributed by atoms with Crippen LogP contribution >= 0.6 is 0 Å². The number of carbonyl (C=O) groups is 1. The molecule has 1 aromatic heterocycles. The maximum Gasteiger partial charge on any atom is 0.163 e. The number of carbonyl (C=O) groups excluding carboxylic acids is 1. The minimum atomic E-state index is 0.185. The van der Waals surface area contributed by atoms with Crippen molar-refractivity contribution in [2.45, 2.75) is 44.6 Å². The zero-order chi connectivity index (χ0) is 13.8. The first-order valence-electron chi connectivity index (χ1n) is 7.32. The fourth-order valence-corrected chi connectivity index (χ4v) is 2.91. The van der Waals surface area contributed by atoms with E-state index in [0.29, 0.717) is 12.5 Å². The molecule has 0 aliphatic heterocycles. The van der Waals surface area contributed by atoms with Crippen LogP contribution in [0.1, 0.15) is 54.2 Å². The third-order valence-electron chi connectivity index (χ3n) is 4.02. The molecule has 0 saturated heterocycles. The van der Waals surface area contributed by atoms with Gasteiger partial charge in [0, 0.05) is 12.0 Å². The Labute approximate surface area is 118 Å². The Hall–Kier alpha value is -1.97. The van der Waals surface area contributed by atoms with Crippen LogP contribution in [0.2, 0.25) is 0 Å². The molecule has 0 N–H and O–H groups in total. The molecule has 1 heterocycles. The van der Waals surface area contributed by atoms with Gasteiger partial charge in [-0.3, -0.25) is 4.79 Å². The maximum absolute atomic E-state index is 12.1. The van der Waals surface area contributed by atoms with Gasteiger partial charge in [0.05, 0.1) is 17.9 Å². The minimum Gasteiger partial charge on any atom is -0.294 e. The summed E-state index contributed by atoms with van der Waals surface area (Å²) in [5.74, 6) is 0.185. The van der Waals surface area contributed by atoms with E-state index in [-0.39, 0.29) is 5.78 Å². The van der Waals surface area contributed by atoms with Crippen molar-refractivity contribution >= 4 is 5.78 Å². The third-order valence-corrected chi connectivity index (χ3v) is 4.02. The van der Waals surface area contributed by atoms with Crippen molar-refractivity contribution in [2.24, 2.45) is 0 Å². The Bertz CT molecular complexity index is 570. The molecule has 104 valence electrons. The van der Waals surface area contributed by atoms with Crippen molar-refractivity contribution in [3.05, 3.63) is 47.8 Å². The van der Waals surface area contributed by atoms with Gasteiger partial charge in [0.1, 0.15) is 0 Å². The molecule has 3 rings (SSSR count). The fourth-order valence-electron chi connectivity index (χ4n) is 2.91. The van der Waals surface area contributed by atoms with Gasteiger partial charge in [-0.2, -0.15) is 0 Å². The second-order valence-corrected chi connectivity index (χ2v) is 5.40. The lowest BCUT2D eigenvalue weighted by molar-refractivity contribution is 0.0982. The number of hydrogen-bond acceptors (Lipinski definition) is 3. The van der Waals surface area contributed by atoms with E-state index in [1.807, 2.05) is 35.0 Å². The van der Waals surface area contributed by atoms with Gasteiger partial charge in [-0.15, -0.1) is 5.10 Å². The molecule has 2 aromatic rings. The van der Waals surface area contributed by atoms with Crippen LogP contribution in [0.25, 0.3) is 0 Å². The van der Waals surface area contributed by atoms with Crippen LogP contribution in [-0.4, -0.2) is 20.8 Å². The number of ketones is 1. The second kappa shape index (κ2) is 5.99. The lowest BCUT2D eigenvalue weighted by atomic mass is 10.1. The van der Waals surface area contributed by atoms with Gasteiger partial charge in [0.25, 0.3) is 0 Å². The van der Waals surface area contributed by atoms with Crippen molar-refractivity contribution in [1.82, 2.24) is 15.0 Å². The zero-order valence-corrected chi connectivity index (χ0v) is 11.5. The van der Waals surface area contributed by atoms with E-state index in [4.69, 9.17) is 0 Å². The molecule has 0 amide bonds. The Kier molecular flexibility index (Phi) is 3.90. The Balaban J connectivity index is 1.64. The van der Waals surface area contributed by atoms with Gasteiger partial charge < -0.3 is 0 Å². The summed E-state index contributed by atoms with van der Waals surface area (Å²) in [4.78, 5) is 12.1. The molecule has 4 nitrogen and oxygen atoms in total. The largest absolute Gasteiger partial charge is 0.294 e. The van der Waals surface area contributed by atoms with Gasteiger partial charge in [-0.1, -0.05) is 48.4 Å². The number of rotatable bonds is 5. The van der Waals surface area contributed by atoms with Crippen molar-refractivity contribution in [3.63, 3.8) is 0 Å². The van der Waals surface area contributed by atoms with E-state index in [0.717, 1.165) is 17.7 Å². The molecule has 0 radical (unpaired) electrons. The molecule has 1 aliphatic carbocycles. The predicted octanol–water partition coefficient (Wildman–Crippen LogP) is 3.21. The molecule has 0 atom stereocenters. The van der Waals surface area contributed by atoms with Crippen molar-refractivity contribution < 1.29 is 4.79 Å². The molecule has 0 bridgehead atoms. The van der Waals surface area contributed by atoms with Gasteiger partial charge in [-0.05, 0) is 19.3 Å². The smallest absolute Gasteiger partial charge is 0.163 e. The Morgan fingerprint density at radius 2 is 1.95 bits per heavy atom. The van der Waals surface area contributed by atoms with Crippen LogP contribution in [0, 0.1) is 0 Å². The third kappa shape index (κ3) is 2.79. The Morgan fingerprint density at radius 3 is 2.70 bits per heavy atom. The summed E-state index contributed by atoms with van der Waals surface area (Å²) in [5, 5.41) is 8.22. The van der Waals surface area contributed by atoms with Crippen LogP contribution in [0.15, 0.2) is 36.5 Å². The molecule has 0 unspecified atom stereocenters. The molecule has 1 aliphatic rings. The zero-order valence-electron chi connectivity index (χ0n) is 11.5. The standard InChI is InChI=1S/C16H19N3O/c20-16(13-6-2-1-3-7-13)11-10-15-12-17-18-19(15)14-8-4-5-9-14/h1-3,6-7,12,14H,4-5,8-11H2. The summed E-state index contributed by atoms with van der Waals surface area (Å²) in [7, 11) is 0. The predicted molar refractivity (Wildman–Crippen MR) is 76.6 cm³/mol. The van der Waals surface area contributed by atoms with E-state index in [1.54, 1.807) is 6.20 Å². The summed E-state index contributed by atoms with van der Waals surface area (Å²) in [6.07, 6.45) is 7.95. The highest BCUT2D eigenvalue weighted by atomic mass is 16.1. The van der Waals surface area contributed by atoms with Gasteiger partial charge in [-0.25, -0.2) is 4.68 Å². The van der Waals surface area contributed by atoms with Crippen LogP contribution in [0.4, 0.5) is 0 Å². The summed E-state index contributed by atoms with van der Waals surface area (Å²) in [5.41, 5.74) is 1.87. The molecular weight excluding hydrogens is 250 g/mol. The van der Waals surface area contributed by atoms with Crippen molar-refractivity contribution in [1.29, 1.82) is 0 Å². The molecule has 1 fully saturated rings. The van der Waals surface area contributed by atoms with E-state index in [1.165, 1.54) is 25.7 Å². The van der Waals surface area contributed by atoms with Crippen LogP contribution in [0.3, 0.4) is 0 Å². The SMILES string of the molecule is O=C(CCc1cnnn1C1CCCC1)c1ccccc1. The minimum absolute atomic E-state index is 0.185. The first-order chi connectivity index (χ1) is 9.84. The van der Waals surface area contributed by atoms with E-state index in [2.05, 4.69) is 10.3 Å². The Morgan fingerprint density at radius 1 is 1.20 bits per heavy atom. The van der Waals surface area contributed by atoms with Gasteiger partial charge in [0.2, 0.25) is 0 Å². The summed E-state index contributed by atoms with van der Waals surface area (Å²) in [6, 6.07) is 9.95. The summed E-state index contributed by atoms with van der Waals surface area (Å²) in [6.45, 7) is 0. The molecule has 1 aromatic carbocycles. The molecular formula is C16H19N3O. The van der Waals surface area contributed by atoms with Gasteiger partial charge in [0.15, 0.2) is 5.78 Å². The molecule has 4 heteroatoms. The van der Waals surface area contributed by atoms with Crippen molar-refractivity contribution in [3.8, 4) is 0 Å². The number of hydrogen-bond donors (Lipinski definition) is 0. The highest BCUT2D eigenvalue weighted by Crippen LogP contribution is 2.29.